The van der Waals surface area contributed by atoms with Crippen molar-refractivity contribution in [1.82, 2.24) is 9.88 Å². The average molecular weight is 328 g/mol. The maximum atomic E-state index is 12.3. The third-order valence-corrected chi connectivity index (χ3v) is 3.93. The van der Waals surface area contributed by atoms with Gasteiger partial charge in [-0.2, -0.15) is 0 Å². The Morgan fingerprint density at radius 2 is 1.88 bits per heavy atom. The first-order valence-electron chi connectivity index (χ1n) is 7.99. The fourth-order valence-electron chi connectivity index (χ4n) is 2.43. The summed E-state index contributed by atoms with van der Waals surface area (Å²) >= 11 is 0. The van der Waals surface area contributed by atoms with E-state index in [0.717, 1.165) is 17.7 Å². The van der Waals surface area contributed by atoms with E-state index in [-0.39, 0.29) is 5.91 Å². The van der Waals surface area contributed by atoms with Crippen molar-refractivity contribution in [2.75, 3.05) is 27.8 Å². The molecular weight excluding hydrogens is 304 g/mol. The summed E-state index contributed by atoms with van der Waals surface area (Å²) in [5, 5.41) is 0. The molecule has 1 heterocycles. The van der Waals surface area contributed by atoms with Crippen molar-refractivity contribution in [2.24, 2.45) is 0 Å². The number of likely N-dealkylation sites (N-methyl/N-ethyl adjacent to an activating group) is 1. The molecule has 0 N–H and O–H groups in total. The highest BCUT2D eigenvalue weighted by atomic mass is 16.5. The molecule has 2 aromatic rings. The van der Waals surface area contributed by atoms with E-state index in [4.69, 9.17) is 9.47 Å². The highest BCUT2D eigenvalue weighted by Crippen LogP contribution is 2.28. The van der Waals surface area contributed by atoms with Gasteiger partial charge in [0.1, 0.15) is 0 Å². The van der Waals surface area contributed by atoms with E-state index in [1.807, 2.05) is 43.4 Å². The zero-order valence-corrected chi connectivity index (χ0v) is 14.5. The van der Waals surface area contributed by atoms with Crippen LogP contribution in [0.4, 0.5) is 0 Å². The molecule has 0 aliphatic carbocycles. The summed E-state index contributed by atoms with van der Waals surface area (Å²) in [7, 11) is 5.05. The molecule has 0 aliphatic heterocycles. The Kier molecular flexibility index (Phi) is 6.61. The maximum absolute atomic E-state index is 12.3. The Bertz CT molecular complexity index is 659. The molecule has 0 fully saturated rings. The fourth-order valence-corrected chi connectivity index (χ4v) is 2.43. The lowest BCUT2D eigenvalue weighted by atomic mass is 10.1. The van der Waals surface area contributed by atoms with E-state index in [1.54, 1.807) is 25.3 Å². The topological polar surface area (TPSA) is 51.7 Å². The highest BCUT2D eigenvalue weighted by molar-refractivity contribution is 5.76. The normalized spacial score (nSPS) is 10.3. The minimum atomic E-state index is 0.126. The van der Waals surface area contributed by atoms with Gasteiger partial charge in [-0.3, -0.25) is 9.78 Å². The van der Waals surface area contributed by atoms with Crippen molar-refractivity contribution in [3.63, 3.8) is 0 Å². The Hall–Kier alpha value is -2.56. The number of rotatable bonds is 8. The van der Waals surface area contributed by atoms with Crippen LogP contribution in [0.25, 0.3) is 0 Å². The third-order valence-electron chi connectivity index (χ3n) is 3.93. The Labute approximate surface area is 143 Å². The van der Waals surface area contributed by atoms with Gasteiger partial charge >= 0.3 is 0 Å². The number of hydrogen-bond donors (Lipinski definition) is 0. The van der Waals surface area contributed by atoms with E-state index in [2.05, 4.69) is 4.98 Å². The Morgan fingerprint density at radius 1 is 1.08 bits per heavy atom. The van der Waals surface area contributed by atoms with Crippen LogP contribution in [0.3, 0.4) is 0 Å². The van der Waals surface area contributed by atoms with Crippen LogP contribution in [0.15, 0.2) is 42.6 Å². The van der Waals surface area contributed by atoms with Crippen LogP contribution in [-0.4, -0.2) is 43.6 Å². The Balaban J connectivity index is 1.83. The number of methoxy groups -OCH3 is 2. The molecule has 0 aliphatic rings. The molecule has 5 heteroatoms. The zero-order chi connectivity index (χ0) is 17.4. The van der Waals surface area contributed by atoms with Crippen LogP contribution in [-0.2, 0) is 17.6 Å². The monoisotopic (exact) mass is 328 g/mol. The molecule has 0 saturated heterocycles. The molecule has 5 nitrogen and oxygen atoms in total. The van der Waals surface area contributed by atoms with Gasteiger partial charge < -0.3 is 14.4 Å². The molecule has 128 valence electrons. The van der Waals surface area contributed by atoms with Gasteiger partial charge in [-0.25, -0.2) is 0 Å². The van der Waals surface area contributed by atoms with E-state index >= 15 is 0 Å². The van der Waals surface area contributed by atoms with E-state index in [1.165, 1.54) is 0 Å². The predicted molar refractivity (Wildman–Crippen MR) is 93.4 cm³/mol. The molecule has 0 saturated carbocycles. The Morgan fingerprint density at radius 3 is 2.54 bits per heavy atom. The first-order chi connectivity index (χ1) is 11.6. The van der Waals surface area contributed by atoms with E-state index < -0.39 is 0 Å². The van der Waals surface area contributed by atoms with Gasteiger partial charge in [0, 0.05) is 38.3 Å². The number of aromatic nitrogens is 1. The number of benzene rings is 1. The van der Waals surface area contributed by atoms with Gasteiger partial charge in [0.2, 0.25) is 5.91 Å². The molecule has 24 heavy (non-hydrogen) atoms. The molecule has 1 amide bonds. The molecule has 0 atom stereocenters. The first-order valence-corrected chi connectivity index (χ1v) is 7.99. The minimum Gasteiger partial charge on any atom is -0.493 e. The number of hydrogen-bond acceptors (Lipinski definition) is 4. The summed E-state index contributed by atoms with van der Waals surface area (Å²) in [5.41, 5.74) is 2.05. The number of pyridine rings is 1. The second-order valence-electron chi connectivity index (χ2n) is 5.58. The van der Waals surface area contributed by atoms with Crippen LogP contribution in [0.2, 0.25) is 0 Å². The second kappa shape index (κ2) is 8.91. The highest BCUT2D eigenvalue weighted by Gasteiger charge is 2.11. The summed E-state index contributed by atoms with van der Waals surface area (Å²) in [6.07, 6.45) is 3.68. The largest absolute Gasteiger partial charge is 0.493 e. The van der Waals surface area contributed by atoms with Gasteiger partial charge in [0.25, 0.3) is 0 Å². The summed E-state index contributed by atoms with van der Waals surface area (Å²) in [4.78, 5) is 18.3. The summed E-state index contributed by atoms with van der Waals surface area (Å²) in [6.45, 7) is 0.668. The number of carbonyl (C=O) groups is 1. The van der Waals surface area contributed by atoms with E-state index in [9.17, 15) is 4.79 Å². The fraction of sp³-hybridized carbons (Fsp3) is 0.368. The number of amides is 1. The van der Waals surface area contributed by atoms with Crippen LogP contribution >= 0.6 is 0 Å². The van der Waals surface area contributed by atoms with Crippen molar-refractivity contribution >= 4 is 5.91 Å². The van der Waals surface area contributed by atoms with Gasteiger partial charge in [0.15, 0.2) is 11.5 Å². The number of ether oxygens (including phenoxy) is 2. The van der Waals surface area contributed by atoms with Crippen molar-refractivity contribution in [1.29, 1.82) is 0 Å². The first kappa shape index (κ1) is 17.8. The minimum absolute atomic E-state index is 0.126. The van der Waals surface area contributed by atoms with Gasteiger partial charge in [-0.05, 0) is 36.2 Å². The number of carbonyl (C=O) groups excluding carboxylic acids is 1. The van der Waals surface area contributed by atoms with Crippen molar-refractivity contribution in [2.45, 2.75) is 19.3 Å². The lowest BCUT2D eigenvalue weighted by molar-refractivity contribution is -0.129. The van der Waals surface area contributed by atoms with Crippen LogP contribution in [0, 0.1) is 0 Å². The smallest absolute Gasteiger partial charge is 0.222 e. The molecule has 0 spiro atoms. The third kappa shape index (κ3) is 4.98. The van der Waals surface area contributed by atoms with Crippen LogP contribution in [0.1, 0.15) is 17.7 Å². The lowest BCUT2D eigenvalue weighted by Gasteiger charge is -2.17. The summed E-state index contributed by atoms with van der Waals surface area (Å²) in [5.74, 6) is 1.51. The molecular formula is C19H24N2O3. The summed E-state index contributed by atoms with van der Waals surface area (Å²) in [6, 6.07) is 11.6. The molecule has 1 aromatic carbocycles. The molecule has 0 unspecified atom stereocenters. The number of nitrogens with zero attached hydrogens (tertiary/aromatic N) is 2. The SMILES string of the molecule is COc1ccc(CCC(=O)N(C)CCc2ccccn2)cc1OC. The molecule has 2 rings (SSSR count). The predicted octanol–water partition coefficient (Wildman–Crippen LogP) is 2.73. The standard InChI is InChI=1S/C19H24N2O3/c1-21(13-11-16-6-4-5-12-20-16)19(22)10-8-15-7-9-17(23-2)18(14-15)24-3/h4-7,9,12,14H,8,10-11,13H2,1-3H3. The van der Waals surface area contributed by atoms with E-state index in [0.29, 0.717) is 30.9 Å². The van der Waals surface area contributed by atoms with Crippen molar-refractivity contribution in [3.05, 3.63) is 53.9 Å². The molecule has 1 aromatic heterocycles. The average Bonchev–Trinajstić information content (AvgIpc) is 2.64. The van der Waals surface area contributed by atoms with Crippen molar-refractivity contribution in [3.8, 4) is 11.5 Å². The lowest BCUT2D eigenvalue weighted by Crippen LogP contribution is -2.29. The van der Waals surface area contributed by atoms with Crippen molar-refractivity contribution < 1.29 is 14.3 Å². The van der Waals surface area contributed by atoms with Gasteiger partial charge in [-0.15, -0.1) is 0 Å². The van der Waals surface area contributed by atoms with Gasteiger partial charge in [0.05, 0.1) is 14.2 Å². The molecule has 0 bridgehead atoms. The second-order valence-corrected chi connectivity index (χ2v) is 5.58. The zero-order valence-electron chi connectivity index (χ0n) is 14.5. The van der Waals surface area contributed by atoms with Crippen LogP contribution in [0.5, 0.6) is 11.5 Å². The van der Waals surface area contributed by atoms with Crippen LogP contribution < -0.4 is 9.47 Å². The quantitative estimate of drug-likeness (QED) is 0.748. The summed E-state index contributed by atoms with van der Waals surface area (Å²) < 4.78 is 10.5. The van der Waals surface area contributed by atoms with Gasteiger partial charge in [-0.1, -0.05) is 12.1 Å². The molecule has 0 radical (unpaired) electrons. The number of aryl methyl sites for hydroxylation is 1. The maximum Gasteiger partial charge on any atom is 0.222 e.